The number of phenolic OH excluding ortho intramolecular Hbond substituents is 1. The summed E-state index contributed by atoms with van der Waals surface area (Å²) in [5, 5.41) is 12.5. The van der Waals surface area contributed by atoms with Gasteiger partial charge in [0, 0.05) is 22.7 Å². The summed E-state index contributed by atoms with van der Waals surface area (Å²) >= 11 is 0.475. The minimum absolute atomic E-state index is 0.00350. The van der Waals surface area contributed by atoms with Crippen LogP contribution in [0.15, 0.2) is 47.4 Å². The minimum Gasteiger partial charge on any atom is -0.508 e. The third-order valence-electron chi connectivity index (χ3n) is 2.60. The van der Waals surface area contributed by atoms with Gasteiger partial charge in [0.15, 0.2) is 0 Å². The van der Waals surface area contributed by atoms with Crippen LogP contribution in [0.5, 0.6) is 5.75 Å². The van der Waals surface area contributed by atoms with Crippen molar-refractivity contribution >= 4 is 17.4 Å². The van der Waals surface area contributed by atoms with Gasteiger partial charge in [0.25, 0.3) is 5.76 Å². The number of aromatic hydroxyl groups is 1. The number of halogens is 3. The van der Waals surface area contributed by atoms with Crippen molar-refractivity contribution in [3.05, 3.63) is 53.8 Å². The highest BCUT2D eigenvalue weighted by molar-refractivity contribution is 7.99. The van der Waals surface area contributed by atoms with Gasteiger partial charge in [-0.3, -0.25) is 0 Å². The molecule has 2 aromatic rings. The van der Waals surface area contributed by atoms with E-state index in [1.807, 2.05) is 0 Å². The average molecular weight is 299 g/mol. The summed E-state index contributed by atoms with van der Waals surface area (Å²) < 4.78 is 37.3. The number of nitrogens with one attached hydrogen (secondary N) is 1. The molecule has 6 heteroatoms. The van der Waals surface area contributed by atoms with E-state index >= 15 is 0 Å². The van der Waals surface area contributed by atoms with Crippen molar-refractivity contribution in [2.45, 2.75) is 17.2 Å². The summed E-state index contributed by atoms with van der Waals surface area (Å²) in [6.45, 7) is 0.241. The Morgan fingerprint density at radius 2 is 1.80 bits per heavy atom. The van der Waals surface area contributed by atoms with Crippen LogP contribution < -0.4 is 5.32 Å². The fourth-order valence-electron chi connectivity index (χ4n) is 1.65. The molecule has 0 spiro atoms. The highest BCUT2D eigenvalue weighted by Crippen LogP contribution is 2.26. The van der Waals surface area contributed by atoms with Gasteiger partial charge in [0.2, 0.25) is 0 Å². The first-order valence-corrected chi connectivity index (χ1v) is 6.69. The summed E-state index contributed by atoms with van der Waals surface area (Å²) in [5.41, 5.74) is 1.13. The summed E-state index contributed by atoms with van der Waals surface area (Å²) in [6, 6.07) is 10.2. The quantitative estimate of drug-likeness (QED) is 0.800. The third-order valence-corrected chi connectivity index (χ3v) is 3.33. The Labute approximate surface area is 118 Å². The van der Waals surface area contributed by atoms with Crippen LogP contribution in [0.4, 0.5) is 18.9 Å². The first-order chi connectivity index (χ1) is 9.54. The predicted octanol–water partition coefficient (Wildman–Crippen LogP) is 4.46. The number of anilines is 1. The molecule has 2 aromatic carbocycles. The van der Waals surface area contributed by atoms with Crippen molar-refractivity contribution in [2.75, 3.05) is 5.32 Å². The standard InChI is InChI=1S/C14H12F3NOS/c15-10-1-6-13(19)9(7-10)8-18-11-2-4-12(5-3-11)20-14(16)17/h1-7,14,18-19H,8H2. The molecule has 0 aliphatic heterocycles. The maximum atomic E-state index is 13.0. The normalized spacial score (nSPS) is 10.8. The molecule has 2 rings (SSSR count). The second kappa shape index (κ2) is 6.56. The maximum absolute atomic E-state index is 13.0. The topological polar surface area (TPSA) is 32.3 Å². The van der Waals surface area contributed by atoms with Gasteiger partial charge in [-0.05, 0) is 42.5 Å². The number of hydrogen-bond donors (Lipinski definition) is 2. The SMILES string of the molecule is Oc1ccc(F)cc1CNc1ccc(SC(F)F)cc1. The fraction of sp³-hybridized carbons (Fsp3) is 0.143. The fourth-order valence-corrected chi connectivity index (χ4v) is 2.15. The predicted molar refractivity (Wildman–Crippen MR) is 73.7 cm³/mol. The molecule has 0 aliphatic carbocycles. The summed E-state index contributed by atoms with van der Waals surface area (Å²) in [7, 11) is 0. The Kier molecular flexibility index (Phi) is 4.79. The van der Waals surface area contributed by atoms with Crippen molar-refractivity contribution < 1.29 is 18.3 Å². The monoisotopic (exact) mass is 299 g/mol. The third kappa shape index (κ3) is 4.09. The largest absolute Gasteiger partial charge is 0.508 e. The average Bonchev–Trinajstić information content (AvgIpc) is 2.41. The Hall–Kier alpha value is -1.82. The molecule has 2 N–H and O–H groups in total. The molecule has 0 aliphatic rings. The van der Waals surface area contributed by atoms with Gasteiger partial charge in [-0.2, -0.15) is 8.78 Å². The number of benzene rings is 2. The molecule has 20 heavy (non-hydrogen) atoms. The lowest BCUT2D eigenvalue weighted by atomic mass is 10.2. The molecule has 0 amide bonds. The molecule has 0 atom stereocenters. The number of alkyl halides is 2. The van der Waals surface area contributed by atoms with Crippen LogP contribution >= 0.6 is 11.8 Å². The molecule has 0 bridgehead atoms. The zero-order valence-electron chi connectivity index (χ0n) is 10.3. The molecule has 0 saturated carbocycles. The lowest BCUT2D eigenvalue weighted by molar-refractivity contribution is 0.252. The summed E-state index contributed by atoms with van der Waals surface area (Å²) in [4.78, 5) is 0.471. The van der Waals surface area contributed by atoms with E-state index in [-0.39, 0.29) is 12.3 Å². The van der Waals surface area contributed by atoms with Gasteiger partial charge < -0.3 is 10.4 Å². The van der Waals surface area contributed by atoms with Crippen molar-refractivity contribution in [2.24, 2.45) is 0 Å². The number of phenols is 1. The molecule has 0 saturated heterocycles. The van der Waals surface area contributed by atoms with Gasteiger partial charge in [0.05, 0.1) is 0 Å². The van der Waals surface area contributed by atoms with Gasteiger partial charge in [-0.25, -0.2) is 4.39 Å². The van der Waals surface area contributed by atoms with E-state index in [0.717, 1.165) is 0 Å². The molecule has 2 nitrogen and oxygen atoms in total. The van der Waals surface area contributed by atoms with E-state index in [1.54, 1.807) is 24.3 Å². The Morgan fingerprint density at radius 1 is 1.10 bits per heavy atom. The first kappa shape index (κ1) is 14.6. The van der Waals surface area contributed by atoms with E-state index in [0.29, 0.717) is 27.9 Å². The van der Waals surface area contributed by atoms with Crippen molar-refractivity contribution in [1.82, 2.24) is 0 Å². The second-order valence-electron chi connectivity index (χ2n) is 4.03. The summed E-state index contributed by atoms with van der Waals surface area (Å²) in [6.07, 6.45) is 0. The van der Waals surface area contributed by atoms with Crippen molar-refractivity contribution in [1.29, 1.82) is 0 Å². The van der Waals surface area contributed by atoms with E-state index in [4.69, 9.17) is 0 Å². The van der Waals surface area contributed by atoms with Crippen LogP contribution in [0.2, 0.25) is 0 Å². The number of thioether (sulfide) groups is 1. The van der Waals surface area contributed by atoms with Crippen LogP contribution in [-0.2, 0) is 6.54 Å². The lowest BCUT2D eigenvalue weighted by Crippen LogP contribution is -2.00. The highest BCUT2D eigenvalue weighted by Gasteiger charge is 2.05. The van der Waals surface area contributed by atoms with Gasteiger partial charge in [0.1, 0.15) is 11.6 Å². The van der Waals surface area contributed by atoms with Gasteiger partial charge in [-0.15, -0.1) is 0 Å². The molecule has 0 heterocycles. The van der Waals surface area contributed by atoms with Crippen LogP contribution in [-0.4, -0.2) is 10.9 Å². The van der Waals surface area contributed by atoms with E-state index in [9.17, 15) is 18.3 Å². The number of hydrogen-bond acceptors (Lipinski definition) is 3. The van der Waals surface area contributed by atoms with Crippen molar-refractivity contribution in [3.8, 4) is 5.75 Å². The zero-order chi connectivity index (χ0) is 14.5. The van der Waals surface area contributed by atoms with Crippen LogP contribution in [0.3, 0.4) is 0 Å². The molecular weight excluding hydrogens is 287 g/mol. The smallest absolute Gasteiger partial charge is 0.288 e. The van der Waals surface area contributed by atoms with E-state index in [2.05, 4.69) is 5.32 Å². The minimum atomic E-state index is -2.45. The van der Waals surface area contributed by atoms with Crippen LogP contribution in [0.25, 0.3) is 0 Å². The van der Waals surface area contributed by atoms with Crippen LogP contribution in [0.1, 0.15) is 5.56 Å². The summed E-state index contributed by atoms with van der Waals surface area (Å²) in [5.74, 6) is -2.87. The molecule has 106 valence electrons. The Balaban J connectivity index is 1.98. The zero-order valence-corrected chi connectivity index (χ0v) is 11.1. The van der Waals surface area contributed by atoms with Crippen LogP contribution in [0, 0.1) is 5.82 Å². The maximum Gasteiger partial charge on any atom is 0.288 e. The van der Waals surface area contributed by atoms with Crippen molar-refractivity contribution in [3.63, 3.8) is 0 Å². The Bertz CT molecular complexity index is 575. The van der Waals surface area contributed by atoms with E-state index in [1.165, 1.54) is 18.2 Å². The van der Waals surface area contributed by atoms with E-state index < -0.39 is 11.6 Å². The highest BCUT2D eigenvalue weighted by atomic mass is 32.2. The Morgan fingerprint density at radius 3 is 2.45 bits per heavy atom. The molecule has 0 radical (unpaired) electrons. The second-order valence-corrected chi connectivity index (χ2v) is 5.09. The molecule has 0 fully saturated rings. The number of rotatable bonds is 5. The molecule has 0 unspecified atom stereocenters. The van der Waals surface area contributed by atoms with Gasteiger partial charge in [-0.1, -0.05) is 11.8 Å². The molecular formula is C14H12F3NOS. The molecule has 0 aromatic heterocycles. The van der Waals surface area contributed by atoms with Gasteiger partial charge >= 0.3 is 0 Å². The lowest BCUT2D eigenvalue weighted by Gasteiger charge is -2.09. The first-order valence-electron chi connectivity index (χ1n) is 5.81.